The van der Waals surface area contributed by atoms with Gasteiger partial charge in [-0.15, -0.1) is 0 Å². The standard InChI is InChI=1S/C20H39N5O/c1-5-25-12-7-6-11-18(25)14-22-20(21-4)24-17-10-8-9-16(13-17)19(26)23-15(2)3/h15-18H,5-14H2,1-4H3,(H,23,26)(H2,21,22,24). The molecule has 2 aliphatic rings. The minimum atomic E-state index is 0.121. The minimum absolute atomic E-state index is 0.121. The van der Waals surface area contributed by atoms with Gasteiger partial charge in [0.15, 0.2) is 5.96 Å². The van der Waals surface area contributed by atoms with E-state index in [9.17, 15) is 4.79 Å². The van der Waals surface area contributed by atoms with Crippen LogP contribution in [0.15, 0.2) is 4.99 Å². The first-order chi connectivity index (χ1) is 12.5. The maximum Gasteiger partial charge on any atom is 0.223 e. The van der Waals surface area contributed by atoms with Crippen LogP contribution in [0.25, 0.3) is 0 Å². The van der Waals surface area contributed by atoms with Crippen LogP contribution >= 0.6 is 0 Å². The predicted octanol–water partition coefficient (Wildman–Crippen LogP) is 2.11. The van der Waals surface area contributed by atoms with Crippen LogP contribution in [0.3, 0.4) is 0 Å². The van der Waals surface area contributed by atoms with Crippen molar-refractivity contribution in [2.45, 2.75) is 83.8 Å². The molecule has 26 heavy (non-hydrogen) atoms. The van der Waals surface area contributed by atoms with Crippen molar-refractivity contribution < 1.29 is 4.79 Å². The highest BCUT2D eigenvalue weighted by Crippen LogP contribution is 2.24. The largest absolute Gasteiger partial charge is 0.355 e. The van der Waals surface area contributed by atoms with Crippen LogP contribution in [-0.4, -0.2) is 61.6 Å². The number of carbonyl (C=O) groups excluding carboxylic acids is 1. The number of hydrogen-bond acceptors (Lipinski definition) is 3. The highest BCUT2D eigenvalue weighted by molar-refractivity contribution is 5.81. The van der Waals surface area contributed by atoms with Gasteiger partial charge in [0.25, 0.3) is 0 Å². The van der Waals surface area contributed by atoms with E-state index in [2.05, 4.69) is 32.8 Å². The molecular formula is C20H39N5O. The van der Waals surface area contributed by atoms with Gasteiger partial charge in [0.1, 0.15) is 0 Å². The third kappa shape index (κ3) is 6.45. The first-order valence-electron chi connectivity index (χ1n) is 10.5. The maximum atomic E-state index is 12.3. The molecular weight excluding hydrogens is 326 g/mol. The second-order valence-corrected chi connectivity index (χ2v) is 8.10. The van der Waals surface area contributed by atoms with Crippen molar-refractivity contribution in [3.8, 4) is 0 Å². The van der Waals surface area contributed by atoms with Gasteiger partial charge in [-0.25, -0.2) is 0 Å². The summed E-state index contributed by atoms with van der Waals surface area (Å²) in [5.41, 5.74) is 0. The van der Waals surface area contributed by atoms with E-state index < -0.39 is 0 Å². The molecule has 3 N–H and O–H groups in total. The Hall–Kier alpha value is -1.30. The van der Waals surface area contributed by atoms with Gasteiger partial charge in [0.05, 0.1) is 0 Å². The van der Waals surface area contributed by atoms with Crippen molar-refractivity contribution >= 4 is 11.9 Å². The molecule has 2 rings (SSSR count). The number of aliphatic imine (C=N–C) groups is 1. The van der Waals surface area contributed by atoms with E-state index >= 15 is 0 Å². The lowest BCUT2D eigenvalue weighted by Gasteiger charge is -2.36. The smallest absolute Gasteiger partial charge is 0.223 e. The summed E-state index contributed by atoms with van der Waals surface area (Å²) >= 11 is 0. The molecule has 6 nitrogen and oxygen atoms in total. The number of amides is 1. The van der Waals surface area contributed by atoms with Gasteiger partial charge >= 0.3 is 0 Å². The lowest BCUT2D eigenvalue weighted by atomic mass is 9.85. The molecule has 1 saturated heterocycles. The van der Waals surface area contributed by atoms with E-state index in [0.717, 1.165) is 44.7 Å². The van der Waals surface area contributed by atoms with Gasteiger partial charge in [0.2, 0.25) is 5.91 Å². The van der Waals surface area contributed by atoms with E-state index in [1.165, 1.54) is 25.8 Å². The third-order valence-corrected chi connectivity index (χ3v) is 5.70. The molecule has 0 spiro atoms. The van der Waals surface area contributed by atoms with Crippen LogP contribution in [0, 0.1) is 5.92 Å². The molecule has 3 unspecified atom stereocenters. The average Bonchev–Trinajstić information content (AvgIpc) is 2.65. The highest BCUT2D eigenvalue weighted by atomic mass is 16.1. The summed E-state index contributed by atoms with van der Waals surface area (Å²) in [7, 11) is 1.83. The number of hydrogen-bond donors (Lipinski definition) is 3. The molecule has 1 aliphatic carbocycles. The van der Waals surface area contributed by atoms with Gasteiger partial charge in [-0.3, -0.25) is 14.7 Å². The fraction of sp³-hybridized carbons (Fsp3) is 0.900. The molecule has 0 aromatic rings. The minimum Gasteiger partial charge on any atom is -0.355 e. The van der Waals surface area contributed by atoms with Crippen LogP contribution in [0.5, 0.6) is 0 Å². The quantitative estimate of drug-likeness (QED) is 0.498. The van der Waals surface area contributed by atoms with Crippen molar-refractivity contribution in [3.05, 3.63) is 0 Å². The molecule has 150 valence electrons. The Morgan fingerprint density at radius 3 is 2.69 bits per heavy atom. The molecule has 0 bridgehead atoms. The third-order valence-electron chi connectivity index (χ3n) is 5.70. The van der Waals surface area contributed by atoms with Crippen LogP contribution in [0.4, 0.5) is 0 Å². The summed E-state index contributed by atoms with van der Waals surface area (Å²) in [6.07, 6.45) is 8.00. The van der Waals surface area contributed by atoms with Gasteiger partial charge in [-0.05, 0) is 59.0 Å². The zero-order chi connectivity index (χ0) is 18.9. The summed E-state index contributed by atoms with van der Waals surface area (Å²) in [6.45, 7) is 9.56. The van der Waals surface area contributed by atoms with Crippen molar-refractivity contribution in [2.75, 3.05) is 26.7 Å². The van der Waals surface area contributed by atoms with E-state index in [1.807, 2.05) is 20.9 Å². The van der Waals surface area contributed by atoms with Crippen molar-refractivity contribution in [1.29, 1.82) is 0 Å². The van der Waals surface area contributed by atoms with Gasteiger partial charge < -0.3 is 16.0 Å². The number of likely N-dealkylation sites (N-methyl/N-ethyl adjacent to an activating group) is 1. The number of nitrogens with one attached hydrogen (secondary N) is 3. The topological polar surface area (TPSA) is 68.8 Å². The normalized spacial score (nSPS) is 28.0. The predicted molar refractivity (Wildman–Crippen MR) is 108 cm³/mol. The maximum absolute atomic E-state index is 12.3. The van der Waals surface area contributed by atoms with Gasteiger partial charge in [-0.2, -0.15) is 0 Å². The first-order valence-corrected chi connectivity index (χ1v) is 10.5. The summed E-state index contributed by atoms with van der Waals surface area (Å²) in [6, 6.07) is 1.14. The first kappa shape index (κ1) is 21.0. The average molecular weight is 366 g/mol. The molecule has 1 saturated carbocycles. The molecule has 3 atom stereocenters. The summed E-state index contributed by atoms with van der Waals surface area (Å²) in [5.74, 6) is 1.20. The Morgan fingerprint density at radius 2 is 2.00 bits per heavy atom. The Balaban J connectivity index is 1.80. The van der Waals surface area contributed by atoms with Crippen molar-refractivity contribution in [3.63, 3.8) is 0 Å². The monoisotopic (exact) mass is 365 g/mol. The van der Waals surface area contributed by atoms with E-state index in [1.54, 1.807) is 0 Å². The molecule has 0 aromatic heterocycles. The molecule has 1 heterocycles. The molecule has 2 fully saturated rings. The molecule has 1 aliphatic heterocycles. The number of carbonyl (C=O) groups is 1. The second-order valence-electron chi connectivity index (χ2n) is 8.10. The second kappa shape index (κ2) is 10.8. The van der Waals surface area contributed by atoms with Crippen LogP contribution in [0.2, 0.25) is 0 Å². The summed E-state index contributed by atoms with van der Waals surface area (Å²) < 4.78 is 0. The highest BCUT2D eigenvalue weighted by Gasteiger charge is 2.28. The zero-order valence-corrected chi connectivity index (χ0v) is 17.2. The van der Waals surface area contributed by atoms with Crippen LogP contribution in [0.1, 0.15) is 65.7 Å². The van der Waals surface area contributed by atoms with Crippen LogP contribution in [-0.2, 0) is 4.79 Å². The lowest BCUT2D eigenvalue weighted by molar-refractivity contribution is -0.126. The van der Waals surface area contributed by atoms with E-state index in [0.29, 0.717) is 12.1 Å². The number of guanidine groups is 1. The number of nitrogens with zero attached hydrogens (tertiary/aromatic N) is 2. The fourth-order valence-electron chi connectivity index (χ4n) is 4.27. The van der Waals surface area contributed by atoms with Crippen LogP contribution < -0.4 is 16.0 Å². The molecule has 0 radical (unpaired) electrons. The summed E-state index contributed by atoms with van der Waals surface area (Å²) in [4.78, 5) is 19.3. The number of piperidine rings is 1. The Labute approximate surface area is 159 Å². The molecule has 0 aromatic carbocycles. The van der Waals surface area contributed by atoms with Crippen molar-refractivity contribution in [2.24, 2.45) is 10.9 Å². The zero-order valence-electron chi connectivity index (χ0n) is 17.2. The van der Waals surface area contributed by atoms with Gasteiger partial charge in [-0.1, -0.05) is 19.8 Å². The Bertz CT molecular complexity index is 465. The van der Waals surface area contributed by atoms with Gasteiger partial charge in [0, 0.05) is 37.6 Å². The molecule has 1 amide bonds. The number of likely N-dealkylation sites (tertiary alicyclic amines) is 1. The summed E-state index contributed by atoms with van der Waals surface area (Å²) in [5, 5.41) is 10.1. The number of rotatable bonds is 6. The lowest BCUT2D eigenvalue weighted by Crippen LogP contribution is -2.51. The molecule has 6 heteroatoms. The Kier molecular flexibility index (Phi) is 8.69. The van der Waals surface area contributed by atoms with E-state index in [-0.39, 0.29) is 17.9 Å². The van der Waals surface area contributed by atoms with E-state index in [4.69, 9.17) is 0 Å². The van der Waals surface area contributed by atoms with Crippen molar-refractivity contribution in [1.82, 2.24) is 20.9 Å². The Morgan fingerprint density at radius 1 is 1.19 bits per heavy atom. The fourth-order valence-corrected chi connectivity index (χ4v) is 4.27. The SMILES string of the molecule is CCN1CCCCC1CNC(=NC)NC1CCCC(C(=O)NC(C)C)C1.